The smallest absolute Gasteiger partial charge is 0.270 e. The van der Waals surface area contributed by atoms with Gasteiger partial charge in [-0.25, -0.2) is 0 Å². The molecule has 28 heavy (non-hydrogen) atoms. The second-order valence-corrected chi connectivity index (χ2v) is 7.72. The molecule has 0 radical (unpaired) electrons. The number of piperidine rings is 1. The number of anilines is 2. The summed E-state index contributed by atoms with van der Waals surface area (Å²) in [4.78, 5) is 36.7. The van der Waals surface area contributed by atoms with Crippen molar-refractivity contribution in [1.82, 2.24) is 0 Å². The van der Waals surface area contributed by atoms with Gasteiger partial charge in [0.2, 0.25) is 5.91 Å². The first-order valence-electron chi connectivity index (χ1n) is 8.75. The molecule has 0 aromatic heterocycles. The molecule has 8 nitrogen and oxygen atoms in total. The zero-order valence-corrected chi connectivity index (χ0v) is 17.1. The molecule has 0 atom stereocenters. The Morgan fingerprint density at radius 3 is 2.50 bits per heavy atom. The molecule has 1 aliphatic rings. The molecule has 2 aromatic carbocycles. The van der Waals surface area contributed by atoms with Gasteiger partial charge in [0.25, 0.3) is 11.6 Å². The number of primary amides is 1. The summed E-state index contributed by atoms with van der Waals surface area (Å²) in [5.74, 6) is -0.807. The minimum Gasteiger partial charge on any atom is -0.370 e. The Bertz CT molecular complexity index is 926. The summed E-state index contributed by atoms with van der Waals surface area (Å²) in [6, 6.07) is 11.6. The maximum Gasteiger partial charge on any atom is 0.270 e. The van der Waals surface area contributed by atoms with Crippen molar-refractivity contribution < 1.29 is 14.5 Å². The Hall–Kier alpha value is -2.69. The molecule has 0 aliphatic carbocycles. The standard InChI is InChI=1S/C19H19IN4O4/c20-15-6-5-13(24(27)28)11-14(15)19(26)22-16-3-1-2-4-17(16)23-9-7-12(8-10-23)18(21)25/h1-6,11-12H,7-10H2,(H2,21,25)(H,22,26). The van der Waals surface area contributed by atoms with Gasteiger partial charge in [-0.05, 0) is 53.6 Å². The maximum atomic E-state index is 12.8. The van der Waals surface area contributed by atoms with Crippen LogP contribution in [0.1, 0.15) is 23.2 Å². The van der Waals surface area contributed by atoms with E-state index >= 15 is 0 Å². The number of rotatable bonds is 5. The zero-order valence-electron chi connectivity index (χ0n) is 14.9. The topological polar surface area (TPSA) is 119 Å². The number of hydrogen-bond donors (Lipinski definition) is 2. The number of nitrogens with two attached hydrogens (primary N) is 1. The van der Waals surface area contributed by atoms with Gasteiger partial charge in [-0.1, -0.05) is 12.1 Å². The van der Waals surface area contributed by atoms with Crippen molar-refractivity contribution in [3.8, 4) is 0 Å². The predicted molar refractivity (Wildman–Crippen MR) is 114 cm³/mol. The van der Waals surface area contributed by atoms with Crippen LogP contribution in [0.25, 0.3) is 0 Å². The Kier molecular flexibility index (Phi) is 6.12. The van der Waals surface area contributed by atoms with Gasteiger partial charge in [-0.2, -0.15) is 0 Å². The van der Waals surface area contributed by atoms with E-state index in [-0.39, 0.29) is 23.1 Å². The lowest BCUT2D eigenvalue weighted by molar-refractivity contribution is -0.384. The number of halogens is 1. The fourth-order valence-corrected chi connectivity index (χ4v) is 3.83. The molecule has 0 bridgehead atoms. The Balaban J connectivity index is 1.81. The summed E-state index contributed by atoms with van der Waals surface area (Å²) in [6.07, 6.45) is 1.33. The molecular formula is C19H19IN4O4. The quantitative estimate of drug-likeness (QED) is 0.376. The SMILES string of the molecule is NC(=O)C1CCN(c2ccccc2NC(=O)c2cc([N+](=O)[O-])ccc2I)CC1. The number of benzene rings is 2. The van der Waals surface area contributed by atoms with Gasteiger partial charge in [0.15, 0.2) is 0 Å². The zero-order chi connectivity index (χ0) is 20.3. The molecule has 2 amide bonds. The number of carbonyl (C=O) groups excluding carboxylic acids is 2. The third-order valence-corrected chi connectivity index (χ3v) is 5.74. The molecule has 3 rings (SSSR count). The molecule has 1 heterocycles. The third-order valence-electron chi connectivity index (χ3n) is 4.80. The number of non-ortho nitro benzene ring substituents is 1. The number of nitro groups is 1. The summed E-state index contributed by atoms with van der Waals surface area (Å²) in [5, 5.41) is 13.9. The summed E-state index contributed by atoms with van der Waals surface area (Å²) >= 11 is 1.98. The minimum atomic E-state index is -0.524. The lowest BCUT2D eigenvalue weighted by Gasteiger charge is -2.33. The van der Waals surface area contributed by atoms with E-state index in [1.165, 1.54) is 12.1 Å². The highest BCUT2D eigenvalue weighted by atomic mass is 127. The van der Waals surface area contributed by atoms with Crippen molar-refractivity contribution in [2.45, 2.75) is 12.8 Å². The second kappa shape index (κ2) is 8.55. The van der Waals surface area contributed by atoms with Gasteiger partial charge in [0.1, 0.15) is 0 Å². The third kappa shape index (κ3) is 4.41. The van der Waals surface area contributed by atoms with Crippen LogP contribution >= 0.6 is 22.6 Å². The van der Waals surface area contributed by atoms with E-state index in [0.29, 0.717) is 35.2 Å². The number of nitro benzene ring substituents is 1. The van der Waals surface area contributed by atoms with Gasteiger partial charge >= 0.3 is 0 Å². The Labute approximate surface area is 175 Å². The van der Waals surface area contributed by atoms with Crippen LogP contribution in [0.3, 0.4) is 0 Å². The summed E-state index contributed by atoms with van der Waals surface area (Å²) in [7, 11) is 0. The number of amides is 2. The van der Waals surface area contributed by atoms with Crippen LogP contribution in [0, 0.1) is 19.6 Å². The lowest BCUT2D eigenvalue weighted by Crippen LogP contribution is -2.38. The van der Waals surface area contributed by atoms with E-state index in [2.05, 4.69) is 10.2 Å². The van der Waals surface area contributed by atoms with Crippen molar-refractivity contribution in [1.29, 1.82) is 0 Å². The number of nitrogens with one attached hydrogen (secondary N) is 1. The van der Waals surface area contributed by atoms with E-state index in [1.54, 1.807) is 12.1 Å². The van der Waals surface area contributed by atoms with Gasteiger partial charge in [-0.3, -0.25) is 19.7 Å². The van der Waals surface area contributed by atoms with E-state index in [9.17, 15) is 19.7 Å². The number of nitrogens with zero attached hydrogens (tertiary/aromatic N) is 2. The molecule has 1 aliphatic heterocycles. The Morgan fingerprint density at radius 2 is 1.86 bits per heavy atom. The first-order valence-corrected chi connectivity index (χ1v) is 9.83. The summed E-state index contributed by atoms with van der Waals surface area (Å²) in [6.45, 7) is 1.32. The average Bonchev–Trinajstić information content (AvgIpc) is 2.68. The normalized spacial score (nSPS) is 14.5. The highest BCUT2D eigenvalue weighted by Crippen LogP contribution is 2.30. The van der Waals surface area contributed by atoms with E-state index in [1.807, 2.05) is 40.8 Å². The van der Waals surface area contributed by atoms with E-state index in [0.717, 1.165) is 5.69 Å². The average molecular weight is 494 g/mol. The van der Waals surface area contributed by atoms with Crippen molar-refractivity contribution in [2.24, 2.45) is 11.7 Å². The Morgan fingerprint density at radius 1 is 1.18 bits per heavy atom. The molecule has 2 aromatic rings. The molecule has 0 saturated carbocycles. The minimum absolute atomic E-state index is 0.121. The van der Waals surface area contributed by atoms with E-state index < -0.39 is 10.8 Å². The van der Waals surface area contributed by atoms with Crippen molar-refractivity contribution in [2.75, 3.05) is 23.3 Å². The molecule has 9 heteroatoms. The van der Waals surface area contributed by atoms with E-state index in [4.69, 9.17) is 5.73 Å². The molecular weight excluding hydrogens is 475 g/mol. The van der Waals surface area contributed by atoms with Gasteiger partial charge in [-0.15, -0.1) is 0 Å². The number of para-hydroxylation sites is 2. The fraction of sp³-hybridized carbons (Fsp3) is 0.263. The van der Waals surface area contributed by atoms with Crippen LogP contribution in [0.15, 0.2) is 42.5 Å². The number of hydrogen-bond acceptors (Lipinski definition) is 5. The first-order chi connectivity index (χ1) is 13.4. The van der Waals surface area contributed by atoms with Crippen molar-refractivity contribution in [3.05, 3.63) is 61.7 Å². The molecule has 1 fully saturated rings. The lowest BCUT2D eigenvalue weighted by atomic mass is 9.96. The van der Waals surface area contributed by atoms with Crippen LogP contribution < -0.4 is 16.0 Å². The molecule has 1 saturated heterocycles. The highest BCUT2D eigenvalue weighted by molar-refractivity contribution is 14.1. The highest BCUT2D eigenvalue weighted by Gasteiger charge is 2.25. The van der Waals surface area contributed by atoms with Gasteiger partial charge < -0.3 is 16.0 Å². The second-order valence-electron chi connectivity index (χ2n) is 6.56. The maximum absolute atomic E-state index is 12.8. The first kappa shape index (κ1) is 20.1. The molecule has 0 unspecified atom stereocenters. The van der Waals surface area contributed by atoms with Crippen molar-refractivity contribution >= 4 is 51.5 Å². The van der Waals surface area contributed by atoms with Gasteiger partial charge in [0, 0.05) is 34.7 Å². The fourth-order valence-electron chi connectivity index (χ4n) is 3.25. The van der Waals surface area contributed by atoms with Crippen LogP contribution in [0.2, 0.25) is 0 Å². The molecule has 3 N–H and O–H groups in total. The molecule has 0 spiro atoms. The predicted octanol–water partition coefficient (Wildman–Crippen LogP) is 3.15. The largest absolute Gasteiger partial charge is 0.370 e. The van der Waals surface area contributed by atoms with Crippen LogP contribution in [-0.4, -0.2) is 29.8 Å². The van der Waals surface area contributed by atoms with Crippen LogP contribution in [0.5, 0.6) is 0 Å². The summed E-state index contributed by atoms with van der Waals surface area (Å²) < 4.78 is 0.625. The van der Waals surface area contributed by atoms with Gasteiger partial charge in [0.05, 0.1) is 21.9 Å². The van der Waals surface area contributed by atoms with Crippen LogP contribution in [0.4, 0.5) is 17.1 Å². The molecule has 146 valence electrons. The van der Waals surface area contributed by atoms with Crippen molar-refractivity contribution in [3.63, 3.8) is 0 Å². The number of carbonyl (C=O) groups is 2. The summed E-state index contributed by atoms with van der Waals surface area (Å²) in [5.41, 5.74) is 6.98. The monoisotopic (exact) mass is 494 g/mol. The van der Waals surface area contributed by atoms with Crippen LogP contribution in [-0.2, 0) is 4.79 Å².